The Morgan fingerprint density at radius 3 is 2.69 bits per heavy atom. The zero-order valence-corrected chi connectivity index (χ0v) is 16.9. The minimum atomic E-state index is -0.849. The number of hydrogen-bond donors (Lipinski definition) is 2. The van der Waals surface area contributed by atoms with Gasteiger partial charge in [0.2, 0.25) is 0 Å². The molecule has 1 aromatic carbocycles. The Morgan fingerprint density at radius 2 is 2.00 bits per heavy atom. The third-order valence-corrected chi connectivity index (χ3v) is 6.45. The molecule has 2 N–H and O–H groups in total. The van der Waals surface area contributed by atoms with Crippen molar-refractivity contribution in [3.05, 3.63) is 74.3 Å². The number of carbonyl (C=O) groups excluding carboxylic acids is 2. The summed E-state index contributed by atoms with van der Waals surface area (Å²) < 4.78 is 27.3. The number of aryl methyl sites for hydroxylation is 1. The molecule has 1 aromatic heterocycles. The predicted molar refractivity (Wildman–Crippen MR) is 109 cm³/mol. The highest BCUT2D eigenvalue weighted by atomic mass is 32.1. The van der Waals surface area contributed by atoms with Crippen LogP contribution in [0.15, 0.2) is 52.2 Å². The summed E-state index contributed by atoms with van der Waals surface area (Å²) in [7, 11) is 0. The van der Waals surface area contributed by atoms with Crippen molar-refractivity contribution >= 4 is 28.7 Å². The molecule has 1 atom stereocenters. The first kappa shape index (κ1) is 19.5. The number of thiophene rings is 1. The van der Waals surface area contributed by atoms with Crippen molar-refractivity contribution in [3.63, 3.8) is 0 Å². The average molecular weight is 414 g/mol. The van der Waals surface area contributed by atoms with Crippen molar-refractivity contribution < 1.29 is 18.4 Å². The quantitative estimate of drug-likeness (QED) is 0.748. The second-order valence-corrected chi connectivity index (χ2v) is 8.26. The normalized spacial score (nSPS) is 19.2. The predicted octanol–water partition coefficient (Wildman–Crippen LogP) is 4.94. The largest absolute Gasteiger partial charge is 0.362 e. The van der Waals surface area contributed by atoms with Crippen molar-refractivity contribution in [2.24, 2.45) is 0 Å². The maximum Gasteiger partial charge on any atom is 0.254 e. The van der Waals surface area contributed by atoms with Crippen molar-refractivity contribution in [2.45, 2.75) is 39.0 Å². The van der Waals surface area contributed by atoms with E-state index >= 15 is 0 Å². The number of halogens is 2. The summed E-state index contributed by atoms with van der Waals surface area (Å²) in [5.74, 6) is -2.55. The topological polar surface area (TPSA) is 58.2 Å². The van der Waals surface area contributed by atoms with Gasteiger partial charge in [0.25, 0.3) is 5.91 Å². The first-order chi connectivity index (χ1) is 13.9. The van der Waals surface area contributed by atoms with Crippen LogP contribution in [0.4, 0.5) is 14.5 Å². The molecule has 2 aliphatic rings. The van der Waals surface area contributed by atoms with Crippen molar-refractivity contribution in [1.82, 2.24) is 5.32 Å². The second-order valence-electron chi connectivity index (χ2n) is 7.31. The van der Waals surface area contributed by atoms with Gasteiger partial charge in [-0.25, -0.2) is 8.78 Å². The number of allylic oxidation sites excluding steroid dienone is 3. The lowest BCUT2D eigenvalue weighted by atomic mass is 9.77. The molecular formula is C22H20F2N2O2S. The molecule has 0 spiro atoms. The number of ketones is 1. The number of nitrogens with one attached hydrogen (secondary N) is 2. The molecule has 1 unspecified atom stereocenters. The van der Waals surface area contributed by atoms with Crippen LogP contribution in [-0.4, -0.2) is 11.7 Å². The fraction of sp³-hybridized carbons (Fsp3) is 0.273. The van der Waals surface area contributed by atoms with E-state index in [-0.39, 0.29) is 11.5 Å². The van der Waals surface area contributed by atoms with E-state index in [1.54, 1.807) is 6.92 Å². The minimum absolute atomic E-state index is 0.0299. The summed E-state index contributed by atoms with van der Waals surface area (Å²) >= 11 is 1.50. The van der Waals surface area contributed by atoms with Gasteiger partial charge in [-0.1, -0.05) is 0 Å². The molecule has 2 aromatic rings. The molecule has 2 heterocycles. The molecule has 7 heteroatoms. The number of dihydropyridines is 1. The molecule has 150 valence electrons. The summed E-state index contributed by atoms with van der Waals surface area (Å²) in [6.45, 7) is 3.74. The minimum Gasteiger partial charge on any atom is -0.362 e. The Morgan fingerprint density at radius 1 is 1.21 bits per heavy atom. The molecule has 1 aliphatic heterocycles. The van der Waals surface area contributed by atoms with Crippen molar-refractivity contribution in [1.29, 1.82) is 0 Å². The third kappa shape index (κ3) is 3.51. The lowest BCUT2D eigenvalue weighted by molar-refractivity contribution is -0.116. The first-order valence-corrected chi connectivity index (χ1v) is 10.3. The summed E-state index contributed by atoms with van der Waals surface area (Å²) in [5.41, 5.74) is 3.40. The summed E-state index contributed by atoms with van der Waals surface area (Å²) in [4.78, 5) is 27.0. The molecule has 0 saturated carbocycles. The van der Waals surface area contributed by atoms with Gasteiger partial charge in [-0.15, -0.1) is 11.3 Å². The van der Waals surface area contributed by atoms with Crippen LogP contribution in [0.2, 0.25) is 0 Å². The average Bonchev–Trinajstić information content (AvgIpc) is 3.08. The molecule has 4 rings (SSSR count). The van der Waals surface area contributed by atoms with Gasteiger partial charge < -0.3 is 10.6 Å². The molecule has 1 amide bonds. The molecule has 1 aliphatic carbocycles. The number of carbonyl (C=O) groups is 2. The van der Waals surface area contributed by atoms with Crippen LogP contribution in [0.3, 0.4) is 0 Å². The lowest BCUT2D eigenvalue weighted by Crippen LogP contribution is -2.35. The molecule has 0 radical (unpaired) electrons. The highest BCUT2D eigenvalue weighted by Gasteiger charge is 2.39. The van der Waals surface area contributed by atoms with Crippen molar-refractivity contribution in [3.8, 4) is 0 Å². The molecule has 0 bridgehead atoms. The Labute approximate surface area is 171 Å². The molecule has 0 fully saturated rings. The Bertz CT molecular complexity index is 1080. The van der Waals surface area contributed by atoms with Crippen LogP contribution in [0.5, 0.6) is 0 Å². The highest BCUT2D eigenvalue weighted by molar-refractivity contribution is 7.10. The maximum atomic E-state index is 14.1. The number of benzene rings is 1. The fourth-order valence-corrected chi connectivity index (χ4v) is 5.05. The van der Waals surface area contributed by atoms with Gasteiger partial charge in [-0.3, -0.25) is 9.59 Å². The van der Waals surface area contributed by atoms with Gasteiger partial charge in [0.05, 0.1) is 11.6 Å². The Balaban J connectivity index is 1.78. The number of Topliss-reactive ketones (excluding diaryl/α,β-unsaturated/α-hetero) is 1. The van der Waals surface area contributed by atoms with Gasteiger partial charge in [-0.05, 0) is 55.8 Å². The second kappa shape index (κ2) is 7.55. The van der Waals surface area contributed by atoms with E-state index < -0.39 is 23.5 Å². The van der Waals surface area contributed by atoms with Gasteiger partial charge in [0.15, 0.2) is 5.78 Å². The number of hydrogen-bond acceptors (Lipinski definition) is 4. The van der Waals surface area contributed by atoms with Crippen LogP contribution in [0.25, 0.3) is 0 Å². The van der Waals surface area contributed by atoms with Crippen LogP contribution in [0, 0.1) is 18.6 Å². The zero-order valence-electron chi connectivity index (χ0n) is 16.1. The SMILES string of the molecule is CC1=C(C(=O)Nc2ccc(F)cc2F)C(c2sccc2C)C2=C(CCCC2=O)N1. The number of amides is 1. The summed E-state index contributed by atoms with van der Waals surface area (Å²) in [6.07, 6.45) is 1.97. The van der Waals surface area contributed by atoms with E-state index in [9.17, 15) is 18.4 Å². The van der Waals surface area contributed by atoms with Crippen LogP contribution >= 0.6 is 11.3 Å². The Hall–Kier alpha value is -2.80. The monoisotopic (exact) mass is 414 g/mol. The van der Waals surface area contributed by atoms with Gasteiger partial charge in [-0.2, -0.15) is 0 Å². The van der Waals surface area contributed by atoms with Crippen molar-refractivity contribution in [2.75, 3.05) is 5.32 Å². The van der Waals surface area contributed by atoms with E-state index in [1.165, 1.54) is 17.4 Å². The maximum absolute atomic E-state index is 14.1. The Kier molecular flexibility index (Phi) is 5.08. The van der Waals surface area contributed by atoms with E-state index in [1.807, 2.05) is 18.4 Å². The van der Waals surface area contributed by atoms with Gasteiger partial charge >= 0.3 is 0 Å². The smallest absolute Gasteiger partial charge is 0.254 e. The lowest BCUT2D eigenvalue weighted by Gasteiger charge is -2.34. The fourth-order valence-electron chi connectivity index (χ4n) is 4.01. The molecule has 29 heavy (non-hydrogen) atoms. The number of anilines is 1. The molecular weight excluding hydrogens is 394 g/mol. The third-order valence-electron chi connectivity index (χ3n) is 5.36. The van der Waals surface area contributed by atoms with Gasteiger partial charge in [0, 0.05) is 39.9 Å². The van der Waals surface area contributed by atoms with Crippen LogP contribution in [-0.2, 0) is 9.59 Å². The van der Waals surface area contributed by atoms with E-state index in [0.29, 0.717) is 23.3 Å². The highest BCUT2D eigenvalue weighted by Crippen LogP contribution is 2.45. The van der Waals surface area contributed by atoms with Crippen LogP contribution < -0.4 is 10.6 Å². The number of rotatable bonds is 3. The van der Waals surface area contributed by atoms with Gasteiger partial charge in [0.1, 0.15) is 11.6 Å². The standard InChI is InChI=1S/C22H20F2N2O2S/c1-11-8-9-29-21(11)20-18(12(2)25-16-4-3-5-17(27)19(16)20)22(28)26-15-7-6-13(23)10-14(15)24/h6-10,20,25H,3-5H2,1-2H3,(H,26,28). The van der Waals surface area contributed by atoms with E-state index in [0.717, 1.165) is 41.1 Å². The van der Waals surface area contributed by atoms with Crippen LogP contribution in [0.1, 0.15) is 42.5 Å². The summed E-state index contributed by atoms with van der Waals surface area (Å²) in [6, 6.07) is 4.96. The van der Waals surface area contributed by atoms with E-state index in [4.69, 9.17) is 0 Å². The summed E-state index contributed by atoms with van der Waals surface area (Å²) in [5, 5.41) is 7.72. The van der Waals surface area contributed by atoms with E-state index in [2.05, 4.69) is 10.6 Å². The molecule has 0 saturated heterocycles. The zero-order chi connectivity index (χ0) is 20.7. The first-order valence-electron chi connectivity index (χ1n) is 9.41. The molecule has 4 nitrogen and oxygen atoms in total.